The van der Waals surface area contributed by atoms with E-state index in [0.717, 1.165) is 11.3 Å². The minimum Gasteiger partial charge on any atom is -0.497 e. The van der Waals surface area contributed by atoms with E-state index in [-0.39, 0.29) is 16.9 Å². The zero-order valence-corrected chi connectivity index (χ0v) is 17.0. The highest BCUT2D eigenvalue weighted by Gasteiger charge is 2.33. The van der Waals surface area contributed by atoms with Crippen molar-refractivity contribution in [2.45, 2.75) is 37.9 Å². The number of rotatable bonds is 7. The number of benzene rings is 1. The molecule has 1 saturated heterocycles. The topological polar surface area (TPSA) is 93.5 Å². The van der Waals surface area contributed by atoms with Crippen molar-refractivity contribution in [3.63, 3.8) is 0 Å². The van der Waals surface area contributed by atoms with Crippen molar-refractivity contribution in [3.8, 4) is 5.75 Å². The largest absolute Gasteiger partial charge is 0.497 e. The van der Waals surface area contributed by atoms with Crippen LogP contribution in [0, 0.1) is 5.92 Å². The number of nitrogens with one attached hydrogen (secondary N) is 1. The molecule has 0 bridgehead atoms. The summed E-state index contributed by atoms with van der Waals surface area (Å²) in [6, 6.07) is 7.53. The van der Waals surface area contributed by atoms with Crippen molar-refractivity contribution < 1.29 is 17.9 Å². The molecule has 1 fully saturated rings. The number of aromatic nitrogens is 2. The van der Waals surface area contributed by atoms with Gasteiger partial charge >= 0.3 is 0 Å². The third kappa shape index (κ3) is 4.53. The molecule has 1 aliphatic rings. The third-order valence-corrected chi connectivity index (χ3v) is 6.79. The first kappa shape index (κ1) is 20.3. The van der Waals surface area contributed by atoms with Gasteiger partial charge in [0.1, 0.15) is 5.75 Å². The summed E-state index contributed by atoms with van der Waals surface area (Å²) in [7, 11) is -2.00. The molecule has 0 atom stereocenters. The van der Waals surface area contributed by atoms with Crippen LogP contribution in [0.2, 0.25) is 0 Å². The zero-order chi connectivity index (χ0) is 20.1. The molecule has 152 valence electrons. The van der Waals surface area contributed by atoms with E-state index >= 15 is 0 Å². The number of ether oxygens (including phenoxy) is 1. The van der Waals surface area contributed by atoms with Gasteiger partial charge in [0.25, 0.3) is 10.0 Å². The Morgan fingerprint density at radius 2 is 2.07 bits per heavy atom. The second-order valence-electron chi connectivity index (χ2n) is 6.79. The first-order chi connectivity index (χ1) is 13.4. The average Bonchev–Trinajstić information content (AvgIpc) is 3.22. The minimum atomic E-state index is -3.61. The molecule has 0 spiro atoms. The highest BCUT2D eigenvalue weighted by molar-refractivity contribution is 7.89. The molecule has 1 amide bonds. The predicted octanol–water partition coefficient (Wildman–Crippen LogP) is 1.63. The van der Waals surface area contributed by atoms with E-state index in [9.17, 15) is 13.2 Å². The van der Waals surface area contributed by atoms with Gasteiger partial charge in [0.05, 0.1) is 13.4 Å². The van der Waals surface area contributed by atoms with Crippen LogP contribution in [0.25, 0.3) is 0 Å². The number of imidazole rings is 1. The summed E-state index contributed by atoms with van der Waals surface area (Å²) in [5, 5.41) is 3.00. The highest BCUT2D eigenvalue weighted by Crippen LogP contribution is 2.23. The number of piperidine rings is 1. The van der Waals surface area contributed by atoms with Gasteiger partial charge in [-0.25, -0.2) is 13.4 Å². The monoisotopic (exact) mass is 406 g/mol. The summed E-state index contributed by atoms with van der Waals surface area (Å²) in [6.45, 7) is 3.64. The summed E-state index contributed by atoms with van der Waals surface area (Å²) < 4.78 is 33.7. The van der Waals surface area contributed by atoms with E-state index in [2.05, 4.69) is 10.3 Å². The SMILES string of the molecule is CCn1cnc(S(=O)(=O)N2CCC(C(=O)NCc3cccc(OC)c3)CC2)c1. The predicted molar refractivity (Wildman–Crippen MR) is 104 cm³/mol. The molecule has 8 nitrogen and oxygen atoms in total. The van der Waals surface area contributed by atoms with Crippen LogP contribution in [0.15, 0.2) is 41.8 Å². The van der Waals surface area contributed by atoms with Crippen LogP contribution in [-0.4, -0.2) is 48.4 Å². The van der Waals surface area contributed by atoms with Crippen LogP contribution < -0.4 is 10.1 Å². The minimum absolute atomic E-state index is 0.0462. The van der Waals surface area contributed by atoms with E-state index in [4.69, 9.17) is 4.74 Å². The van der Waals surface area contributed by atoms with Crippen molar-refractivity contribution in [1.82, 2.24) is 19.2 Å². The van der Waals surface area contributed by atoms with Gasteiger partial charge in [-0.05, 0) is 37.5 Å². The number of methoxy groups -OCH3 is 1. The summed E-state index contributed by atoms with van der Waals surface area (Å²) in [5.74, 6) is 0.510. The fourth-order valence-corrected chi connectivity index (χ4v) is 4.66. The Morgan fingerprint density at radius 3 is 2.71 bits per heavy atom. The molecule has 1 aromatic heterocycles. The Kier molecular flexibility index (Phi) is 6.35. The zero-order valence-electron chi connectivity index (χ0n) is 16.2. The molecule has 2 heterocycles. The maximum atomic E-state index is 12.7. The van der Waals surface area contributed by atoms with E-state index in [1.165, 1.54) is 10.6 Å². The summed E-state index contributed by atoms with van der Waals surface area (Å²) in [5.41, 5.74) is 0.958. The molecule has 1 N–H and O–H groups in total. The first-order valence-corrected chi connectivity index (χ1v) is 10.8. The van der Waals surface area contributed by atoms with Crippen molar-refractivity contribution in [3.05, 3.63) is 42.4 Å². The van der Waals surface area contributed by atoms with Gasteiger partial charge in [0.2, 0.25) is 5.91 Å². The van der Waals surface area contributed by atoms with Gasteiger partial charge in [0, 0.05) is 38.3 Å². The van der Waals surface area contributed by atoms with Crippen LogP contribution >= 0.6 is 0 Å². The fraction of sp³-hybridized carbons (Fsp3) is 0.474. The average molecular weight is 407 g/mol. The maximum Gasteiger partial charge on any atom is 0.262 e. The molecule has 0 unspecified atom stereocenters. The van der Waals surface area contributed by atoms with Crippen molar-refractivity contribution >= 4 is 15.9 Å². The van der Waals surface area contributed by atoms with Gasteiger partial charge in [-0.1, -0.05) is 12.1 Å². The maximum absolute atomic E-state index is 12.7. The first-order valence-electron chi connectivity index (χ1n) is 9.36. The number of hydrogen-bond acceptors (Lipinski definition) is 5. The lowest BCUT2D eigenvalue weighted by molar-refractivity contribution is -0.126. The molecule has 9 heteroatoms. The van der Waals surface area contributed by atoms with Gasteiger partial charge in [0.15, 0.2) is 5.03 Å². The Labute approximate surface area is 165 Å². The van der Waals surface area contributed by atoms with Crippen LogP contribution in [0.4, 0.5) is 0 Å². The molecule has 0 aliphatic carbocycles. The van der Waals surface area contributed by atoms with Crippen molar-refractivity contribution in [1.29, 1.82) is 0 Å². The second-order valence-corrected chi connectivity index (χ2v) is 8.67. The van der Waals surface area contributed by atoms with E-state index in [1.807, 2.05) is 31.2 Å². The lowest BCUT2D eigenvalue weighted by atomic mass is 9.97. The highest BCUT2D eigenvalue weighted by atomic mass is 32.2. The third-order valence-electron chi connectivity index (χ3n) is 5.00. The smallest absolute Gasteiger partial charge is 0.262 e. The number of hydrogen-bond donors (Lipinski definition) is 1. The lowest BCUT2D eigenvalue weighted by Gasteiger charge is -2.29. The molecule has 3 rings (SSSR count). The summed E-state index contributed by atoms with van der Waals surface area (Å²) >= 11 is 0. The van der Waals surface area contributed by atoms with Gasteiger partial charge in [-0.15, -0.1) is 0 Å². The van der Waals surface area contributed by atoms with E-state index in [0.29, 0.717) is 39.0 Å². The number of carbonyl (C=O) groups excluding carboxylic acids is 1. The molecule has 28 heavy (non-hydrogen) atoms. The Morgan fingerprint density at radius 1 is 1.32 bits per heavy atom. The van der Waals surface area contributed by atoms with Crippen molar-refractivity contribution in [2.75, 3.05) is 20.2 Å². The number of amides is 1. The van der Waals surface area contributed by atoms with Gasteiger partial charge in [-0.2, -0.15) is 4.31 Å². The van der Waals surface area contributed by atoms with Crippen LogP contribution in [-0.2, 0) is 27.9 Å². The standard InChI is InChI=1S/C19H26N4O4S/c1-3-22-13-18(21-14-22)28(25,26)23-9-7-16(8-10-23)19(24)20-12-15-5-4-6-17(11-15)27-2/h4-6,11,13-14,16H,3,7-10,12H2,1-2H3,(H,20,24). The van der Waals surface area contributed by atoms with Crippen LogP contribution in [0.3, 0.4) is 0 Å². The van der Waals surface area contributed by atoms with E-state index < -0.39 is 10.0 Å². The molecule has 0 saturated carbocycles. The molecular formula is C19H26N4O4S. The molecular weight excluding hydrogens is 380 g/mol. The van der Waals surface area contributed by atoms with Crippen LogP contribution in [0.1, 0.15) is 25.3 Å². The fourth-order valence-electron chi connectivity index (χ4n) is 3.25. The van der Waals surface area contributed by atoms with E-state index in [1.54, 1.807) is 17.9 Å². The van der Waals surface area contributed by atoms with Crippen molar-refractivity contribution in [2.24, 2.45) is 5.92 Å². The molecule has 2 aromatic rings. The second kappa shape index (κ2) is 8.74. The number of carbonyl (C=O) groups is 1. The summed E-state index contributed by atoms with van der Waals surface area (Å²) in [6.07, 6.45) is 4.06. The Balaban J connectivity index is 1.53. The number of aryl methyl sites for hydroxylation is 1. The normalized spacial score (nSPS) is 16.1. The quantitative estimate of drug-likeness (QED) is 0.754. The van der Waals surface area contributed by atoms with Crippen LogP contribution in [0.5, 0.6) is 5.75 Å². The Hall–Kier alpha value is -2.39. The Bertz CT molecular complexity index is 918. The molecule has 1 aromatic carbocycles. The lowest BCUT2D eigenvalue weighted by Crippen LogP contribution is -2.42. The molecule has 0 radical (unpaired) electrons. The number of nitrogens with zero attached hydrogens (tertiary/aromatic N) is 3. The summed E-state index contributed by atoms with van der Waals surface area (Å²) in [4.78, 5) is 16.5. The van der Waals surface area contributed by atoms with Gasteiger partial charge in [-0.3, -0.25) is 4.79 Å². The molecule has 1 aliphatic heterocycles. The number of sulfonamides is 1. The van der Waals surface area contributed by atoms with Gasteiger partial charge < -0.3 is 14.6 Å².